The van der Waals surface area contributed by atoms with Crippen molar-refractivity contribution in [2.75, 3.05) is 36.5 Å². The topological polar surface area (TPSA) is 78.9 Å². The summed E-state index contributed by atoms with van der Waals surface area (Å²) in [7, 11) is 0. The van der Waals surface area contributed by atoms with Crippen LogP contribution < -0.4 is 10.2 Å². The standard InChI is InChI=1S/C19H21F3N2O4/c20-19(21,22)15-11-12(5-6-16(15)24-7-9-28-10-8-24)23-17(25)13-3-1-2-4-14(13)18(26)27/h1-2,5-6,11,13-14H,3-4,7-10H2,(H,23,25)(H,26,27)/t13-,14+/m0/s1. The maximum absolute atomic E-state index is 13.6. The SMILES string of the molecule is O=C(Nc1ccc(N2CCOCC2)c(C(F)(F)F)c1)[C@H]1CC=CC[C@H]1C(=O)O. The normalized spacial score (nSPS) is 22.8. The van der Waals surface area contributed by atoms with E-state index >= 15 is 0 Å². The second-order valence-corrected chi connectivity index (χ2v) is 6.81. The number of hydrogen-bond acceptors (Lipinski definition) is 4. The smallest absolute Gasteiger partial charge is 0.418 e. The van der Waals surface area contributed by atoms with Gasteiger partial charge in [0.05, 0.1) is 30.6 Å². The number of nitrogens with one attached hydrogen (secondary N) is 1. The monoisotopic (exact) mass is 398 g/mol. The quantitative estimate of drug-likeness (QED) is 0.762. The molecule has 0 unspecified atom stereocenters. The Hall–Kier alpha value is -2.55. The fraction of sp³-hybridized carbons (Fsp3) is 0.474. The van der Waals surface area contributed by atoms with Gasteiger partial charge in [0.2, 0.25) is 5.91 Å². The fourth-order valence-corrected chi connectivity index (χ4v) is 3.53. The lowest BCUT2D eigenvalue weighted by Gasteiger charge is -2.31. The van der Waals surface area contributed by atoms with E-state index in [1.54, 1.807) is 17.1 Å². The molecule has 1 aliphatic heterocycles. The van der Waals surface area contributed by atoms with Crippen LogP contribution in [0.5, 0.6) is 0 Å². The molecule has 2 N–H and O–H groups in total. The molecule has 3 rings (SSSR count). The van der Waals surface area contributed by atoms with Crippen molar-refractivity contribution >= 4 is 23.3 Å². The third-order valence-electron chi connectivity index (χ3n) is 5.01. The number of carboxylic acid groups (broad SMARTS) is 1. The number of allylic oxidation sites excluding steroid dienone is 2. The predicted molar refractivity (Wildman–Crippen MR) is 96.1 cm³/mol. The van der Waals surface area contributed by atoms with Crippen molar-refractivity contribution in [1.29, 1.82) is 0 Å². The van der Waals surface area contributed by atoms with Crippen LogP contribution >= 0.6 is 0 Å². The van der Waals surface area contributed by atoms with Gasteiger partial charge in [-0.15, -0.1) is 0 Å². The Morgan fingerprint density at radius 2 is 1.75 bits per heavy atom. The van der Waals surface area contributed by atoms with Gasteiger partial charge in [0.1, 0.15) is 0 Å². The highest BCUT2D eigenvalue weighted by molar-refractivity contribution is 5.95. The van der Waals surface area contributed by atoms with Gasteiger partial charge >= 0.3 is 12.1 Å². The van der Waals surface area contributed by atoms with Gasteiger partial charge in [0.25, 0.3) is 0 Å². The molecule has 0 aromatic heterocycles. The van der Waals surface area contributed by atoms with Crippen LogP contribution in [0.25, 0.3) is 0 Å². The molecule has 1 heterocycles. The molecule has 0 radical (unpaired) electrons. The number of nitrogens with zero attached hydrogens (tertiary/aromatic N) is 1. The van der Waals surface area contributed by atoms with Crippen molar-refractivity contribution < 1.29 is 32.6 Å². The Morgan fingerprint density at radius 1 is 1.11 bits per heavy atom. The van der Waals surface area contributed by atoms with Crippen LogP contribution in [0.3, 0.4) is 0 Å². The van der Waals surface area contributed by atoms with Crippen molar-refractivity contribution in [2.45, 2.75) is 19.0 Å². The van der Waals surface area contributed by atoms with Crippen molar-refractivity contribution in [3.05, 3.63) is 35.9 Å². The molecule has 6 nitrogen and oxygen atoms in total. The number of morpholine rings is 1. The number of benzene rings is 1. The molecule has 28 heavy (non-hydrogen) atoms. The second-order valence-electron chi connectivity index (χ2n) is 6.81. The molecule has 1 amide bonds. The molecular weight excluding hydrogens is 377 g/mol. The van der Waals surface area contributed by atoms with E-state index in [0.29, 0.717) is 26.3 Å². The molecule has 1 fully saturated rings. The van der Waals surface area contributed by atoms with Gasteiger partial charge < -0.3 is 20.1 Å². The molecule has 0 saturated carbocycles. The number of aliphatic carboxylic acids is 1. The Labute approximate surface area is 160 Å². The Bertz CT molecular complexity index is 773. The lowest BCUT2D eigenvalue weighted by Crippen LogP contribution is -2.37. The minimum absolute atomic E-state index is 0.00646. The largest absolute Gasteiger partial charge is 0.481 e. The van der Waals surface area contributed by atoms with Crippen molar-refractivity contribution in [3.63, 3.8) is 0 Å². The van der Waals surface area contributed by atoms with Gasteiger partial charge in [-0.25, -0.2) is 0 Å². The van der Waals surface area contributed by atoms with E-state index in [4.69, 9.17) is 4.74 Å². The number of carboxylic acids is 1. The van der Waals surface area contributed by atoms with Crippen molar-refractivity contribution in [1.82, 2.24) is 0 Å². The molecule has 1 saturated heterocycles. The summed E-state index contributed by atoms with van der Waals surface area (Å²) in [6, 6.07) is 3.64. The summed E-state index contributed by atoms with van der Waals surface area (Å²) in [6.45, 7) is 1.40. The average Bonchev–Trinajstić information content (AvgIpc) is 2.68. The Morgan fingerprint density at radius 3 is 2.36 bits per heavy atom. The second kappa shape index (κ2) is 8.22. The maximum atomic E-state index is 13.6. The van der Waals surface area contributed by atoms with Gasteiger partial charge in [-0.3, -0.25) is 9.59 Å². The third kappa shape index (κ3) is 4.46. The van der Waals surface area contributed by atoms with Gasteiger partial charge in [-0.1, -0.05) is 12.2 Å². The number of ether oxygens (including phenoxy) is 1. The summed E-state index contributed by atoms with van der Waals surface area (Å²) in [4.78, 5) is 25.5. The summed E-state index contributed by atoms with van der Waals surface area (Å²) in [6.07, 6.45) is -0.725. The summed E-state index contributed by atoms with van der Waals surface area (Å²) >= 11 is 0. The van der Waals surface area contributed by atoms with Crippen LogP contribution in [0.1, 0.15) is 18.4 Å². The highest BCUT2D eigenvalue weighted by atomic mass is 19.4. The molecule has 0 spiro atoms. The minimum atomic E-state index is -4.59. The third-order valence-corrected chi connectivity index (χ3v) is 5.01. The Balaban J connectivity index is 1.83. The van der Waals surface area contributed by atoms with E-state index in [0.717, 1.165) is 6.07 Å². The molecule has 2 atom stereocenters. The van der Waals surface area contributed by atoms with E-state index in [-0.39, 0.29) is 24.2 Å². The van der Waals surface area contributed by atoms with Crippen LogP contribution in [0.4, 0.5) is 24.5 Å². The van der Waals surface area contributed by atoms with Crippen molar-refractivity contribution in [3.8, 4) is 0 Å². The molecule has 1 aromatic carbocycles. The zero-order valence-electron chi connectivity index (χ0n) is 15.0. The predicted octanol–water partition coefficient (Wildman–Crippen LogP) is 3.15. The molecule has 9 heteroatoms. The summed E-state index contributed by atoms with van der Waals surface area (Å²) in [5.41, 5.74) is -0.809. The van der Waals surface area contributed by atoms with Crippen LogP contribution in [0.2, 0.25) is 0 Å². The number of hydrogen-bond donors (Lipinski definition) is 2. The van der Waals surface area contributed by atoms with Gasteiger partial charge in [-0.05, 0) is 31.0 Å². The number of halogens is 3. The molecular formula is C19H21F3N2O4. The zero-order chi connectivity index (χ0) is 20.3. The number of alkyl halides is 3. The van der Waals surface area contributed by atoms with Crippen LogP contribution in [-0.2, 0) is 20.5 Å². The number of amides is 1. The van der Waals surface area contributed by atoms with Crippen LogP contribution in [0.15, 0.2) is 30.4 Å². The van der Waals surface area contributed by atoms with Crippen molar-refractivity contribution in [2.24, 2.45) is 11.8 Å². The Kier molecular flexibility index (Phi) is 5.93. The summed E-state index contributed by atoms with van der Waals surface area (Å²) in [5, 5.41) is 11.7. The number of anilines is 2. The lowest BCUT2D eigenvalue weighted by molar-refractivity contribution is -0.146. The van der Waals surface area contributed by atoms with Crippen LogP contribution in [0, 0.1) is 11.8 Å². The van der Waals surface area contributed by atoms with E-state index in [2.05, 4.69) is 5.32 Å². The zero-order valence-corrected chi connectivity index (χ0v) is 15.0. The first-order chi connectivity index (χ1) is 13.3. The molecule has 152 valence electrons. The number of carbonyl (C=O) groups is 2. The molecule has 0 bridgehead atoms. The highest BCUT2D eigenvalue weighted by Gasteiger charge is 2.37. The van der Waals surface area contributed by atoms with E-state index in [9.17, 15) is 27.9 Å². The molecule has 1 aromatic rings. The highest BCUT2D eigenvalue weighted by Crippen LogP contribution is 2.39. The average molecular weight is 398 g/mol. The van der Waals surface area contributed by atoms with E-state index in [1.807, 2.05) is 0 Å². The lowest BCUT2D eigenvalue weighted by atomic mass is 9.82. The number of carbonyl (C=O) groups excluding carboxylic acids is 1. The minimum Gasteiger partial charge on any atom is -0.481 e. The first kappa shape index (κ1) is 20.2. The first-order valence-electron chi connectivity index (χ1n) is 9.00. The van der Waals surface area contributed by atoms with Gasteiger partial charge in [0, 0.05) is 24.5 Å². The molecule has 1 aliphatic carbocycles. The number of rotatable bonds is 4. The van der Waals surface area contributed by atoms with Gasteiger partial charge in [-0.2, -0.15) is 13.2 Å². The van der Waals surface area contributed by atoms with Gasteiger partial charge in [0.15, 0.2) is 0 Å². The summed E-state index contributed by atoms with van der Waals surface area (Å²) in [5.74, 6) is -3.40. The van der Waals surface area contributed by atoms with E-state index in [1.165, 1.54) is 12.1 Å². The maximum Gasteiger partial charge on any atom is 0.418 e. The van der Waals surface area contributed by atoms with Crippen LogP contribution in [-0.4, -0.2) is 43.3 Å². The molecule has 2 aliphatic rings. The fourth-order valence-electron chi connectivity index (χ4n) is 3.53. The first-order valence-corrected chi connectivity index (χ1v) is 9.00. The van der Waals surface area contributed by atoms with E-state index < -0.39 is 35.5 Å². The summed E-state index contributed by atoms with van der Waals surface area (Å²) < 4.78 is 45.9.